The number of nitrogens with zero attached hydrogens (tertiary/aromatic N) is 2. The van der Waals surface area contributed by atoms with E-state index < -0.39 is 81.9 Å². The third-order valence-corrected chi connectivity index (χ3v) is 9.71. The van der Waals surface area contributed by atoms with Crippen LogP contribution in [0.15, 0.2) is 36.4 Å². The molecule has 0 aromatic heterocycles. The molecule has 2 aromatic rings. The minimum atomic E-state index is -2.81. The largest absolute Gasteiger partial charge is 0.506 e. The van der Waals surface area contributed by atoms with Crippen LogP contribution in [0.2, 0.25) is 0 Å². The first-order valence-corrected chi connectivity index (χ1v) is 14.7. The predicted octanol–water partition coefficient (Wildman–Crippen LogP) is 0.231. The van der Waals surface area contributed by atoms with Crippen LogP contribution in [0.4, 0.5) is 0 Å². The fourth-order valence-electron chi connectivity index (χ4n) is 7.45. The Balaban J connectivity index is 1.52. The highest BCUT2D eigenvalue weighted by atomic mass is 16.5. The number of hydrogen-bond acceptors (Lipinski definition) is 11. The fraction of sp³-hybridized carbons (Fsp3) is 0.455. The summed E-state index contributed by atoms with van der Waals surface area (Å²) in [6.07, 6.45) is 0.375. The number of ketones is 5. The summed E-state index contributed by atoms with van der Waals surface area (Å²) >= 11 is 0. The van der Waals surface area contributed by atoms with E-state index in [0.717, 1.165) is 5.56 Å². The topological polar surface area (TPSA) is 185 Å². The van der Waals surface area contributed by atoms with Crippen molar-refractivity contribution in [3.05, 3.63) is 58.7 Å². The van der Waals surface area contributed by atoms with Crippen LogP contribution in [0.3, 0.4) is 0 Å². The standard InChI is InChI=1S/C33H37N3O9/c1-35(2)21(12-15-6-9-18(45-5)10-7-15)26(37)19-11-8-16-13-17-14-20-25(36(3)4)29(40)24(32(34)43)31(42)33(20,44)30(41)23(17)28(39)22(16)27(19)38/h6-11,17,20-21,23-25,38,44H,12-14H2,1-5H3,(H2,34,43)/t17?,20?,21?,23?,24?,25-,33-/m0/s1. The molecular weight excluding hydrogens is 582 g/mol. The monoisotopic (exact) mass is 619 g/mol. The first-order chi connectivity index (χ1) is 21.1. The van der Waals surface area contributed by atoms with Gasteiger partial charge >= 0.3 is 0 Å². The van der Waals surface area contributed by atoms with Gasteiger partial charge in [0.2, 0.25) is 5.91 Å². The number of Topliss-reactive ketones (excluding diaryl/α,β-unsaturated/α-hetero) is 5. The molecule has 0 aliphatic heterocycles. The number of ether oxygens (including phenoxy) is 1. The summed E-state index contributed by atoms with van der Waals surface area (Å²) in [5.41, 5.74) is 3.50. The second kappa shape index (κ2) is 11.6. The average molecular weight is 620 g/mol. The van der Waals surface area contributed by atoms with E-state index in [1.807, 2.05) is 12.1 Å². The van der Waals surface area contributed by atoms with Crippen molar-refractivity contribution in [2.75, 3.05) is 35.3 Å². The summed E-state index contributed by atoms with van der Waals surface area (Å²) in [6.45, 7) is 0. The maximum Gasteiger partial charge on any atom is 0.235 e. The molecule has 0 spiro atoms. The number of carbonyl (C=O) groups is 6. The van der Waals surface area contributed by atoms with Crippen molar-refractivity contribution in [1.82, 2.24) is 9.80 Å². The quantitative estimate of drug-likeness (QED) is 0.271. The zero-order chi connectivity index (χ0) is 33.1. The first-order valence-electron chi connectivity index (χ1n) is 14.7. The van der Waals surface area contributed by atoms with Crippen molar-refractivity contribution in [3.8, 4) is 11.5 Å². The SMILES string of the molecule is COc1ccc(CC(C(=O)c2ccc3c(c2O)C(=O)C2C(=O)[C@]4(O)C(=O)C(C(N)=O)C(=O)[C@@H](N(C)C)C4CC2C3)N(C)C)cc1. The lowest BCUT2D eigenvalue weighted by Crippen LogP contribution is -2.74. The van der Waals surface area contributed by atoms with E-state index in [4.69, 9.17) is 10.5 Å². The van der Waals surface area contributed by atoms with Gasteiger partial charge in [-0.05, 0) is 82.7 Å². The maximum absolute atomic E-state index is 14.0. The molecule has 4 N–H and O–H groups in total. The number of primary amides is 1. The van der Waals surface area contributed by atoms with Crippen LogP contribution >= 0.6 is 0 Å². The minimum Gasteiger partial charge on any atom is -0.506 e. The van der Waals surface area contributed by atoms with Gasteiger partial charge in [-0.2, -0.15) is 0 Å². The van der Waals surface area contributed by atoms with E-state index in [0.29, 0.717) is 17.7 Å². The molecule has 238 valence electrons. The van der Waals surface area contributed by atoms with E-state index in [1.165, 1.54) is 25.1 Å². The van der Waals surface area contributed by atoms with E-state index in [-0.39, 0.29) is 24.0 Å². The summed E-state index contributed by atoms with van der Waals surface area (Å²) < 4.78 is 5.20. The lowest BCUT2D eigenvalue weighted by Gasteiger charge is -2.52. The van der Waals surface area contributed by atoms with Gasteiger partial charge in [-0.15, -0.1) is 0 Å². The van der Waals surface area contributed by atoms with E-state index >= 15 is 0 Å². The first kappa shape index (κ1) is 32.1. The van der Waals surface area contributed by atoms with E-state index in [2.05, 4.69) is 0 Å². The lowest BCUT2D eigenvalue weighted by molar-refractivity contribution is -0.181. The van der Waals surface area contributed by atoms with Gasteiger partial charge in [0.1, 0.15) is 11.5 Å². The number of nitrogens with two attached hydrogens (primary N) is 1. The van der Waals surface area contributed by atoms with Crippen molar-refractivity contribution < 1.29 is 43.7 Å². The second-order valence-corrected chi connectivity index (χ2v) is 12.7. The zero-order valence-electron chi connectivity index (χ0n) is 25.8. The normalized spacial score (nSPS) is 28.4. The van der Waals surface area contributed by atoms with Crippen LogP contribution in [-0.2, 0) is 32.0 Å². The van der Waals surface area contributed by atoms with Crippen molar-refractivity contribution >= 4 is 34.8 Å². The fourth-order valence-corrected chi connectivity index (χ4v) is 7.45. The second-order valence-electron chi connectivity index (χ2n) is 12.7. The molecule has 7 atom stereocenters. The number of phenolic OH excluding ortho intramolecular Hbond substituents is 1. The molecule has 0 bridgehead atoms. The average Bonchev–Trinajstić information content (AvgIpc) is 2.97. The number of benzene rings is 2. The number of fused-ring (bicyclic) bond motifs is 3. The number of likely N-dealkylation sites (N-methyl/N-ethyl adjacent to an activating group) is 2. The number of phenols is 1. The minimum absolute atomic E-state index is 0.0457. The Morgan fingerprint density at radius 2 is 1.67 bits per heavy atom. The molecule has 5 rings (SSSR count). The lowest BCUT2D eigenvalue weighted by atomic mass is 9.52. The van der Waals surface area contributed by atoms with Crippen LogP contribution in [0.25, 0.3) is 0 Å². The Hall–Kier alpha value is -4.26. The number of hydrogen-bond donors (Lipinski definition) is 3. The van der Waals surface area contributed by atoms with Crippen LogP contribution in [0, 0.1) is 23.7 Å². The van der Waals surface area contributed by atoms with Gasteiger partial charge in [0.25, 0.3) is 0 Å². The summed E-state index contributed by atoms with van der Waals surface area (Å²) in [4.78, 5) is 83.8. The van der Waals surface area contributed by atoms with Crippen molar-refractivity contribution in [2.45, 2.75) is 36.9 Å². The molecule has 2 aromatic carbocycles. The Labute approximate surface area is 260 Å². The molecule has 3 aliphatic carbocycles. The van der Waals surface area contributed by atoms with Gasteiger partial charge in [-0.25, -0.2) is 0 Å². The molecule has 12 nitrogen and oxygen atoms in total. The molecule has 3 aliphatic rings. The zero-order valence-corrected chi connectivity index (χ0v) is 25.8. The predicted molar refractivity (Wildman–Crippen MR) is 160 cm³/mol. The molecule has 0 radical (unpaired) electrons. The summed E-state index contributed by atoms with van der Waals surface area (Å²) in [6, 6.07) is 8.36. The van der Waals surface area contributed by atoms with E-state index in [1.54, 1.807) is 44.3 Å². The number of rotatable bonds is 8. The third-order valence-electron chi connectivity index (χ3n) is 9.71. The van der Waals surface area contributed by atoms with Crippen molar-refractivity contribution in [1.29, 1.82) is 0 Å². The van der Waals surface area contributed by atoms with Gasteiger partial charge < -0.3 is 20.7 Å². The Morgan fingerprint density at radius 1 is 1.02 bits per heavy atom. The number of methoxy groups -OCH3 is 1. The Morgan fingerprint density at radius 3 is 2.22 bits per heavy atom. The molecule has 5 unspecified atom stereocenters. The summed E-state index contributed by atoms with van der Waals surface area (Å²) in [5, 5.41) is 23.1. The number of aromatic hydroxyl groups is 1. The smallest absolute Gasteiger partial charge is 0.235 e. The van der Waals surface area contributed by atoms with E-state index in [9.17, 15) is 39.0 Å². The van der Waals surface area contributed by atoms with Gasteiger partial charge in [-0.1, -0.05) is 18.2 Å². The number of carbonyl (C=O) groups excluding carboxylic acids is 6. The highest BCUT2D eigenvalue weighted by Gasteiger charge is 2.69. The van der Waals surface area contributed by atoms with Crippen LogP contribution in [0.5, 0.6) is 11.5 Å². The number of aliphatic hydroxyl groups is 1. The van der Waals surface area contributed by atoms with Crippen molar-refractivity contribution in [3.63, 3.8) is 0 Å². The van der Waals surface area contributed by atoms with Crippen LogP contribution < -0.4 is 10.5 Å². The van der Waals surface area contributed by atoms with Gasteiger partial charge in [0.05, 0.1) is 36.2 Å². The highest BCUT2D eigenvalue weighted by molar-refractivity contribution is 6.32. The molecule has 12 heteroatoms. The van der Waals surface area contributed by atoms with Crippen LogP contribution in [0.1, 0.15) is 38.3 Å². The Kier molecular flexibility index (Phi) is 8.28. The van der Waals surface area contributed by atoms with Crippen molar-refractivity contribution in [2.24, 2.45) is 29.4 Å². The van der Waals surface area contributed by atoms with Gasteiger partial charge in [0.15, 0.2) is 40.4 Å². The maximum atomic E-state index is 14.0. The van der Waals surface area contributed by atoms with Crippen LogP contribution in [-0.4, -0.2) is 108 Å². The molecule has 2 saturated carbocycles. The third kappa shape index (κ3) is 4.97. The molecule has 0 heterocycles. The van der Waals surface area contributed by atoms with Gasteiger partial charge in [-0.3, -0.25) is 38.6 Å². The number of amides is 1. The van der Waals surface area contributed by atoms with Gasteiger partial charge in [0, 0.05) is 5.92 Å². The Bertz CT molecular complexity index is 1620. The molecule has 1 amide bonds. The molecule has 0 saturated heterocycles. The molecular formula is C33H37N3O9. The molecule has 2 fully saturated rings. The summed E-state index contributed by atoms with van der Waals surface area (Å²) in [7, 11) is 8.06. The molecule has 45 heavy (non-hydrogen) atoms. The summed E-state index contributed by atoms with van der Waals surface area (Å²) in [5.74, 6) is -11.2. The highest BCUT2D eigenvalue weighted by Crippen LogP contribution is 2.51.